The van der Waals surface area contributed by atoms with Gasteiger partial charge in [-0.05, 0) is 24.3 Å². The van der Waals surface area contributed by atoms with Crippen molar-refractivity contribution >= 4 is 17.6 Å². The lowest BCUT2D eigenvalue weighted by atomic mass is 10.3. The first kappa shape index (κ1) is 14.3. The first-order valence-electron chi connectivity index (χ1n) is 5.38. The molecule has 0 atom stereocenters. The van der Waals surface area contributed by atoms with Crippen LogP contribution in [-0.2, 0) is 6.18 Å². The Bertz CT molecular complexity index is 625. The van der Waals surface area contributed by atoms with Crippen molar-refractivity contribution in [3.8, 4) is 0 Å². The zero-order valence-electron chi connectivity index (χ0n) is 9.98. The van der Waals surface area contributed by atoms with Gasteiger partial charge in [0.05, 0.1) is 5.56 Å². The summed E-state index contributed by atoms with van der Waals surface area (Å²) in [5, 5.41) is 7.76. The van der Waals surface area contributed by atoms with Crippen LogP contribution in [0.5, 0.6) is 0 Å². The number of alkyl halides is 3. The van der Waals surface area contributed by atoms with Gasteiger partial charge >= 0.3 is 6.18 Å². The van der Waals surface area contributed by atoms with Crippen molar-refractivity contribution in [3.05, 3.63) is 47.9 Å². The molecule has 104 valence electrons. The van der Waals surface area contributed by atoms with Crippen LogP contribution in [0.3, 0.4) is 0 Å². The van der Waals surface area contributed by atoms with E-state index in [-0.39, 0.29) is 11.5 Å². The number of rotatable bonds is 3. The van der Waals surface area contributed by atoms with Crippen molar-refractivity contribution in [2.45, 2.75) is 16.1 Å². The molecular formula is C12H9F3N4S. The van der Waals surface area contributed by atoms with Crippen LogP contribution in [0.25, 0.3) is 0 Å². The molecule has 0 radical (unpaired) electrons. The monoisotopic (exact) mass is 298 g/mol. The minimum absolute atomic E-state index is 0.208. The number of halogens is 3. The highest BCUT2D eigenvalue weighted by atomic mass is 32.2. The van der Waals surface area contributed by atoms with Gasteiger partial charge in [-0.3, -0.25) is 10.4 Å². The summed E-state index contributed by atoms with van der Waals surface area (Å²) in [5.41, 5.74) is 4.86. The molecule has 2 aromatic heterocycles. The first-order chi connectivity index (χ1) is 9.38. The number of pyridine rings is 2. The van der Waals surface area contributed by atoms with Crippen LogP contribution < -0.4 is 5.73 Å². The fourth-order valence-corrected chi connectivity index (χ4v) is 2.27. The summed E-state index contributed by atoms with van der Waals surface area (Å²) in [6.07, 6.45) is -2.15. The van der Waals surface area contributed by atoms with Gasteiger partial charge in [0.15, 0.2) is 0 Å². The second-order valence-corrected chi connectivity index (χ2v) is 4.81. The summed E-state index contributed by atoms with van der Waals surface area (Å²) >= 11 is 1.10. The summed E-state index contributed by atoms with van der Waals surface area (Å²) in [6, 6.07) is 5.55. The Kier molecular flexibility index (Phi) is 3.93. The van der Waals surface area contributed by atoms with Crippen molar-refractivity contribution in [2.75, 3.05) is 0 Å². The van der Waals surface area contributed by atoms with E-state index in [0.717, 1.165) is 24.0 Å². The van der Waals surface area contributed by atoms with Gasteiger partial charge in [0.2, 0.25) is 0 Å². The van der Waals surface area contributed by atoms with E-state index < -0.39 is 11.7 Å². The third-order valence-electron chi connectivity index (χ3n) is 2.30. The van der Waals surface area contributed by atoms with Crippen LogP contribution in [0.2, 0.25) is 0 Å². The molecular weight excluding hydrogens is 289 g/mol. The highest BCUT2D eigenvalue weighted by molar-refractivity contribution is 7.99. The van der Waals surface area contributed by atoms with E-state index in [1.807, 2.05) is 0 Å². The fourth-order valence-electron chi connectivity index (χ4n) is 1.40. The van der Waals surface area contributed by atoms with Crippen molar-refractivity contribution in [2.24, 2.45) is 5.73 Å². The number of nitrogens with zero attached hydrogens (tertiary/aromatic N) is 2. The van der Waals surface area contributed by atoms with Crippen molar-refractivity contribution in [1.29, 1.82) is 5.41 Å². The Morgan fingerprint density at radius 2 is 1.95 bits per heavy atom. The maximum absolute atomic E-state index is 12.4. The Balaban J connectivity index is 2.25. The molecule has 0 saturated heterocycles. The predicted molar refractivity (Wildman–Crippen MR) is 68.6 cm³/mol. The Labute approximate surface area is 116 Å². The number of nitrogen functional groups attached to an aromatic ring is 1. The highest BCUT2D eigenvalue weighted by Crippen LogP contribution is 2.32. The molecule has 0 amide bonds. The molecule has 0 aliphatic heterocycles. The number of hydrogen-bond donors (Lipinski definition) is 2. The molecule has 2 heterocycles. The van der Waals surface area contributed by atoms with Gasteiger partial charge in [0, 0.05) is 17.3 Å². The van der Waals surface area contributed by atoms with E-state index in [4.69, 9.17) is 11.1 Å². The Hall–Kier alpha value is -2.09. The van der Waals surface area contributed by atoms with Gasteiger partial charge in [0.25, 0.3) is 0 Å². The van der Waals surface area contributed by atoms with Crippen LogP contribution in [-0.4, -0.2) is 15.8 Å². The molecule has 0 aliphatic rings. The molecule has 0 spiro atoms. The molecule has 0 unspecified atom stereocenters. The summed E-state index contributed by atoms with van der Waals surface area (Å²) < 4.78 is 37.2. The quantitative estimate of drug-likeness (QED) is 0.675. The number of amidine groups is 1. The van der Waals surface area contributed by atoms with Gasteiger partial charge in [-0.2, -0.15) is 13.2 Å². The Morgan fingerprint density at radius 3 is 2.50 bits per heavy atom. The van der Waals surface area contributed by atoms with E-state index in [0.29, 0.717) is 9.92 Å². The maximum atomic E-state index is 12.4. The van der Waals surface area contributed by atoms with Crippen LogP contribution in [0.1, 0.15) is 11.3 Å². The average molecular weight is 298 g/mol. The van der Waals surface area contributed by atoms with Crippen LogP contribution >= 0.6 is 11.8 Å². The van der Waals surface area contributed by atoms with Gasteiger partial charge < -0.3 is 5.73 Å². The van der Waals surface area contributed by atoms with Crippen molar-refractivity contribution < 1.29 is 13.2 Å². The fraction of sp³-hybridized carbons (Fsp3) is 0.0833. The number of hydrogen-bond acceptors (Lipinski definition) is 4. The summed E-state index contributed by atoms with van der Waals surface area (Å²) in [4.78, 5) is 8.26. The Morgan fingerprint density at radius 1 is 1.20 bits per heavy atom. The van der Waals surface area contributed by atoms with E-state index in [9.17, 15) is 13.2 Å². The molecule has 2 aromatic rings. The highest BCUT2D eigenvalue weighted by Gasteiger charge is 2.30. The smallest absolute Gasteiger partial charge is 0.382 e. The van der Waals surface area contributed by atoms with Crippen LogP contribution in [0.15, 0.2) is 46.6 Å². The standard InChI is InChI=1S/C12H9F3N4S/c13-12(14,15)7-3-4-9(19-6-7)20-8-2-1-5-18-10(8)11(16)17/h1-6H,(H3,16,17). The zero-order valence-corrected chi connectivity index (χ0v) is 10.8. The third-order valence-corrected chi connectivity index (χ3v) is 3.30. The SMILES string of the molecule is N=C(N)c1ncccc1Sc1ccc(C(F)(F)F)cn1. The van der Waals surface area contributed by atoms with E-state index in [1.165, 1.54) is 12.3 Å². The molecule has 0 saturated carbocycles. The number of aromatic nitrogens is 2. The predicted octanol–water partition coefficient (Wildman–Crippen LogP) is 2.93. The average Bonchev–Trinajstić information content (AvgIpc) is 2.38. The summed E-state index contributed by atoms with van der Waals surface area (Å²) in [6.45, 7) is 0. The van der Waals surface area contributed by atoms with Crippen molar-refractivity contribution in [3.63, 3.8) is 0 Å². The molecule has 20 heavy (non-hydrogen) atoms. The van der Waals surface area contributed by atoms with Gasteiger partial charge in [-0.1, -0.05) is 11.8 Å². The van der Waals surface area contributed by atoms with Gasteiger partial charge in [0.1, 0.15) is 16.6 Å². The van der Waals surface area contributed by atoms with Crippen molar-refractivity contribution in [1.82, 2.24) is 9.97 Å². The molecule has 0 aromatic carbocycles. The molecule has 4 nitrogen and oxygen atoms in total. The van der Waals surface area contributed by atoms with Crippen LogP contribution in [0, 0.1) is 5.41 Å². The molecule has 8 heteroatoms. The largest absolute Gasteiger partial charge is 0.417 e. The number of nitrogens with two attached hydrogens (primary N) is 1. The second-order valence-electron chi connectivity index (χ2n) is 3.75. The molecule has 0 fully saturated rings. The van der Waals surface area contributed by atoms with E-state index >= 15 is 0 Å². The minimum Gasteiger partial charge on any atom is -0.382 e. The lowest BCUT2D eigenvalue weighted by Crippen LogP contribution is -2.14. The van der Waals surface area contributed by atoms with Crippen LogP contribution in [0.4, 0.5) is 13.2 Å². The molecule has 2 rings (SSSR count). The molecule has 0 bridgehead atoms. The number of nitrogens with one attached hydrogen (secondary N) is 1. The zero-order chi connectivity index (χ0) is 14.8. The lowest BCUT2D eigenvalue weighted by molar-refractivity contribution is -0.137. The van der Waals surface area contributed by atoms with E-state index in [2.05, 4.69) is 9.97 Å². The molecule has 3 N–H and O–H groups in total. The van der Waals surface area contributed by atoms with Gasteiger partial charge in [-0.25, -0.2) is 4.98 Å². The second kappa shape index (κ2) is 5.49. The molecule has 0 aliphatic carbocycles. The van der Waals surface area contributed by atoms with Gasteiger partial charge in [-0.15, -0.1) is 0 Å². The normalized spacial score (nSPS) is 11.3. The summed E-state index contributed by atoms with van der Waals surface area (Å²) in [7, 11) is 0. The third kappa shape index (κ3) is 3.27. The van der Waals surface area contributed by atoms with E-state index in [1.54, 1.807) is 12.1 Å². The minimum atomic E-state index is -4.41. The maximum Gasteiger partial charge on any atom is 0.417 e. The lowest BCUT2D eigenvalue weighted by Gasteiger charge is -2.08. The summed E-state index contributed by atoms with van der Waals surface area (Å²) in [5.74, 6) is -0.208. The first-order valence-corrected chi connectivity index (χ1v) is 6.20. The topological polar surface area (TPSA) is 75.7 Å².